The molecule has 0 spiro atoms. The summed E-state index contributed by atoms with van der Waals surface area (Å²) in [4.78, 5) is 19.4. The Morgan fingerprint density at radius 1 is 1.13 bits per heavy atom. The third-order valence-electron chi connectivity index (χ3n) is 7.83. The van der Waals surface area contributed by atoms with Crippen LogP contribution in [0.25, 0.3) is 0 Å². The summed E-state index contributed by atoms with van der Waals surface area (Å²) in [7, 11) is -4.27. The van der Waals surface area contributed by atoms with Crippen LogP contribution in [0.15, 0.2) is 41.6 Å². The number of aryl methyl sites for hydroxylation is 1. The quantitative estimate of drug-likeness (QED) is 0.529. The topological polar surface area (TPSA) is 122 Å². The van der Waals surface area contributed by atoms with Gasteiger partial charge in [0.25, 0.3) is 15.9 Å². The first-order chi connectivity index (χ1) is 18.1. The van der Waals surface area contributed by atoms with Gasteiger partial charge in [-0.1, -0.05) is 6.07 Å². The van der Waals surface area contributed by atoms with Gasteiger partial charge in [0.2, 0.25) is 0 Å². The number of carbonyl (C=O) groups is 1. The Bertz CT molecular complexity index is 1350. The van der Waals surface area contributed by atoms with E-state index in [1.54, 1.807) is 12.1 Å². The lowest BCUT2D eigenvalue weighted by molar-refractivity contribution is -0.128. The number of rotatable bonds is 8. The van der Waals surface area contributed by atoms with Crippen molar-refractivity contribution in [3.05, 3.63) is 42.1 Å². The Hall–Kier alpha value is -3.32. The molecule has 3 fully saturated rings. The van der Waals surface area contributed by atoms with Gasteiger partial charge in [-0.05, 0) is 82.2 Å². The Morgan fingerprint density at radius 3 is 2.50 bits per heavy atom. The van der Waals surface area contributed by atoms with E-state index in [0.29, 0.717) is 56.0 Å². The van der Waals surface area contributed by atoms with Crippen LogP contribution >= 0.6 is 0 Å². The number of sulfonamides is 1. The Labute approximate surface area is 224 Å². The van der Waals surface area contributed by atoms with Crippen LogP contribution in [0.4, 0.5) is 5.69 Å². The minimum atomic E-state index is -4.27. The molecule has 10 heteroatoms. The summed E-state index contributed by atoms with van der Waals surface area (Å²) in [6, 6.07) is 11.3. The summed E-state index contributed by atoms with van der Waals surface area (Å²) in [5.74, 6) is 0.318. The van der Waals surface area contributed by atoms with Gasteiger partial charge in [0.05, 0.1) is 23.3 Å². The molecule has 1 aromatic heterocycles. The van der Waals surface area contributed by atoms with Crippen molar-refractivity contribution in [2.75, 3.05) is 18.0 Å². The molecule has 1 amide bonds. The number of anilines is 1. The standard InChI is InChI=1S/C28H34N4O5S/c1-20-9-10-23(36-21-6-3-4-7-21)24(18-20)37-28(11-12-28)26(33)31-38(34,35)25-22(8-5-15-30-25)32-16-13-27(2,19-29)14-17-32/h5,8-10,15,18,21H,3-4,6-7,11-14,16-17H2,1-2H3,(H,31,33). The van der Waals surface area contributed by atoms with E-state index in [2.05, 4.69) is 15.8 Å². The maximum Gasteiger partial charge on any atom is 0.283 e. The second-order valence-corrected chi connectivity index (χ2v) is 12.6. The maximum atomic E-state index is 13.4. The predicted molar refractivity (Wildman–Crippen MR) is 141 cm³/mol. The summed E-state index contributed by atoms with van der Waals surface area (Å²) < 4.78 is 41.4. The lowest BCUT2D eigenvalue weighted by atomic mass is 9.82. The number of nitrogens with zero attached hydrogens (tertiary/aromatic N) is 3. The molecule has 202 valence electrons. The summed E-state index contributed by atoms with van der Waals surface area (Å²) in [5.41, 5.74) is -0.333. The first kappa shape index (κ1) is 26.3. The number of hydrogen-bond donors (Lipinski definition) is 1. The van der Waals surface area contributed by atoms with Crippen molar-refractivity contribution in [3.63, 3.8) is 0 Å². The largest absolute Gasteiger partial charge is 0.487 e. The summed E-state index contributed by atoms with van der Waals surface area (Å²) in [5, 5.41) is 9.23. The van der Waals surface area contributed by atoms with Crippen LogP contribution in [0.5, 0.6) is 11.5 Å². The molecule has 0 bridgehead atoms. The fraction of sp³-hybridized carbons (Fsp3) is 0.536. The van der Waals surface area contributed by atoms with Crippen molar-refractivity contribution in [3.8, 4) is 17.6 Å². The highest BCUT2D eigenvalue weighted by Gasteiger charge is 2.55. The number of ether oxygens (including phenoxy) is 2. The number of nitrogens with one attached hydrogen (secondary N) is 1. The molecule has 3 aliphatic rings. The number of piperidine rings is 1. The molecule has 2 heterocycles. The molecule has 0 radical (unpaired) electrons. The van der Waals surface area contributed by atoms with Crippen LogP contribution in [0.1, 0.15) is 63.9 Å². The summed E-state index contributed by atoms with van der Waals surface area (Å²) in [6.45, 7) is 4.89. The molecule has 9 nitrogen and oxygen atoms in total. The van der Waals surface area contributed by atoms with Crippen LogP contribution in [0.2, 0.25) is 0 Å². The van der Waals surface area contributed by atoms with Crippen molar-refractivity contribution < 1.29 is 22.7 Å². The number of hydrogen-bond acceptors (Lipinski definition) is 8. The number of carbonyl (C=O) groups excluding carboxylic acids is 1. The average Bonchev–Trinajstić information content (AvgIpc) is 3.51. The van der Waals surface area contributed by atoms with Crippen molar-refractivity contribution in [1.82, 2.24) is 9.71 Å². The van der Waals surface area contributed by atoms with Gasteiger partial charge in [0, 0.05) is 32.1 Å². The number of pyridine rings is 1. The number of nitriles is 1. The van der Waals surface area contributed by atoms with Crippen LogP contribution in [-0.4, -0.2) is 44.1 Å². The van der Waals surface area contributed by atoms with E-state index in [1.807, 2.05) is 36.9 Å². The molecule has 1 aromatic carbocycles. The van der Waals surface area contributed by atoms with E-state index in [4.69, 9.17) is 9.47 Å². The lowest BCUT2D eigenvalue weighted by Gasteiger charge is -2.36. The van der Waals surface area contributed by atoms with Gasteiger partial charge in [-0.15, -0.1) is 0 Å². The number of aromatic nitrogens is 1. The molecule has 2 aliphatic carbocycles. The lowest BCUT2D eigenvalue weighted by Crippen LogP contribution is -2.44. The Morgan fingerprint density at radius 2 is 1.84 bits per heavy atom. The highest BCUT2D eigenvalue weighted by Crippen LogP contribution is 2.44. The third-order valence-corrected chi connectivity index (χ3v) is 9.11. The molecule has 1 N–H and O–H groups in total. The zero-order valence-electron chi connectivity index (χ0n) is 21.9. The van der Waals surface area contributed by atoms with Crippen LogP contribution in [-0.2, 0) is 14.8 Å². The van der Waals surface area contributed by atoms with Crippen LogP contribution in [0.3, 0.4) is 0 Å². The SMILES string of the molecule is Cc1ccc(OC2CCCC2)c(OC2(C(=O)NS(=O)(=O)c3ncccc3N3CCC(C)(C#N)CC3)CC2)c1. The second kappa shape index (κ2) is 10.1. The fourth-order valence-corrected chi connectivity index (χ4v) is 6.32. The molecule has 0 atom stereocenters. The minimum Gasteiger partial charge on any atom is -0.487 e. The first-order valence-electron chi connectivity index (χ1n) is 13.3. The first-order valence-corrected chi connectivity index (χ1v) is 14.8. The number of amides is 1. The van der Waals surface area contributed by atoms with Gasteiger partial charge >= 0.3 is 0 Å². The van der Waals surface area contributed by atoms with E-state index < -0.39 is 26.9 Å². The average molecular weight is 539 g/mol. The highest BCUT2D eigenvalue weighted by molar-refractivity contribution is 7.90. The van der Waals surface area contributed by atoms with Crippen molar-refractivity contribution in [2.24, 2.45) is 5.41 Å². The second-order valence-electron chi connectivity index (χ2n) is 11.0. The number of benzene rings is 1. The van der Waals surface area contributed by atoms with Gasteiger partial charge in [-0.2, -0.15) is 13.7 Å². The molecule has 1 aliphatic heterocycles. The van der Waals surface area contributed by atoms with Gasteiger partial charge in [-0.3, -0.25) is 4.79 Å². The fourth-order valence-electron chi connectivity index (χ4n) is 5.12. The van der Waals surface area contributed by atoms with Gasteiger partial charge in [0.15, 0.2) is 22.1 Å². The van der Waals surface area contributed by atoms with Crippen molar-refractivity contribution in [1.29, 1.82) is 5.26 Å². The normalized spacial score (nSPS) is 20.4. The van der Waals surface area contributed by atoms with Crippen LogP contribution < -0.4 is 19.1 Å². The Balaban J connectivity index is 1.33. The summed E-state index contributed by atoms with van der Waals surface area (Å²) in [6.07, 6.45) is 7.77. The smallest absolute Gasteiger partial charge is 0.283 e. The van der Waals surface area contributed by atoms with Crippen molar-refractivity contribution >= 4 is 21.6 Å². The molecule has 2 aromatic rings. The predicted octanol–water partition coefficient (Wildman–Crippen LogP) is 4.26. The zero-order chi connectivity index (χ0) is 27.0. The molecule has 38 heavy (non-hydrogen) atoms. The monoisotopic (exact) mass is 538 g/mol. The van der Waals surface area contributed by atoms with Crippen LogP contribution in [0, 0.1) is 23.7 Å². The maximum absolute atomic E-state index is 13.4. The van der Waals surface area contributed by atoms with E-state index >= 15 is 0 Å². The Kier molecular flexibility index (Phi) is 6.99. The van der Waals surface area contributed by atoms with E-state index in [-0.39, 0.29) is 11.1 Å². The van der Waals surface area contributed by atoms with Gasteiger partial charge < -0.3 is 14.4 Å². The minimum absolute atomic E-state index is 0.118. The molecule has 2 saturated carbocycles. The van der Waals surface area contributed by atoms with E-state index in [0.717, 1.165) is 31.2 Å². The molecular formula is C28H34N4O5S. The third kappa shape index (κ3) is 5.44. The highest BCUT2D eigenvalue weighted by atomic mass is 32.2. The van der Waals surface area contributed by atoms with E-state index in [1.165, 1.54) is 6.20 Å². The molecular weight excluding hydrogens is 504 g/mol. The molecule has 5 rings (SSSR count). The molecule has 1 saturated heterocycles. The molecule has 0 unspecified atom stereocenters. The van der Waals surface area contributed by atoms with Gasteiger partial charge in [0.1, 0.15) is 0 Å². The van der Waals surface area contributed by atoms with Crippen molar-refractivity contribution in [2.45, 2.75) is 81.9 Å². The summed E-state index contributed by atoms with van der Waals surface area (Å²) >= 11 is 0. The van der Waals surface area contributed by atoms with E-state index in [9.17, 15) is 18.5 Å². The zero-order valence-corrected chi connectivity index (χ0v) is 22.7. The van der Waals surface area contributed by atoms with Gasteiger partial charge in [-0.25, -0.2) is 9.71 Å².